The third-order valence-corrected chi connectivity index (χ3v) is 13.5. The predicted octanol–water partition coefficient (Wildman–Crippen LogP) is 16.2. The van der Waals surface area contributed by atoms with Crippen molar-refractivity contribution in [3.63, 3.8) is 0 Å². The van der Waals surface area contributed by atoms with Crippen LogP contribution in [0.3, 0.4) is 0 Å². The Bertz CT molecular complexity index is 3560. The van der Waals surface area contributed by atoms with Gasteiger partial charge in [-0.15, -0.1) is 0 Å². The van der Waals surface area contributed by atoms with Crippen LogP contribution in [0.2, 0.25) is 0 Å². The first-order chi connectivity index (χ1) is 38.7. The Kier molecular flexibility index (Phi) is 12.8. The molecule has 366 valence electrons. The van der Waals surface area contributed by atoms with Crippen molar-refractivity contribution in [3.05, 3.63) is 273 Å². The summed E-state index contributed by atoms with van der Waals surface area (Å²) in [6.45, 7) is 0. The molecule has 0 radical (unpaired) electrons. The van der Waals surface area contributed by atoms with Crippen LogP contribution < -0.4 is 0 Å². The van der Waals surface area contributed by atoms with Crippen LogP contribution >= 0.6 is 0 Å². The molecule has 0 aliphatic rings. The molecule has 0 aliphatic carbocycles. The maximum atomic E-state index is 5.58. The van der Waals surface area contributed by atoms with E-state index in [0.717, 1.165) is 66.8 Å². The molecule has 3 aromatic heterocycles. The summed E-state index contributed by atoms with van der Waals surface area (Å²) in [5.41, 5.74) is 12.0. The van der Waals surface area contributed by atoms with Crippen LogP contribution in [-0.4, -0.2) is 44.9 Å². The molecule has 0 N–H and O–H groups in total. The standard InChI is InChI=1S/C69H45N9/c1-10-28-46(29-11-1)55-58(67-73-61(49-34-16-4-17-35-49)70-62(74-67)50-36-18-5-19-37-50)56(47-30-12-2-13-31-47)60(69-77-65(53-42-24-8-25-43-53)72-66(78-69)54-44-26-9-27-45-54)57(48-32-14-3-15-33-48)59(55)68-75-63(51-38-20-6-21-39-51)71-64(76-68)52-40-22-7-23-41-52/h1-45H. The van der Waals surface area contributed by atoms with Gasteiger partial charge in [0.2, 0.25) is 0 Å². The van der Waals surface area contributed by atoms with Crippen LogP contribution in [0.1, 0.15) is 0 Å². The first kappa shape index (κ1) is 47.0. The van der Waals surface area contributed by atoms with Gasteiger partial charge in [0.05, 0.1) is 0 Å². The molecule has 9 heteroatoms. The zero-order valence-corrected chi connectivity index (χ0v) is 42.0. The molecular weight excluding hydrogens is 955 g/mol. The molecule has 10 aromatic carbocycles. The average Bonchev–Trinajstić information content (AvgIpc) is 3.66. The van der Waals surface area contributed by atoms with Crippen molar-refractivity contribution in [1.29, 1.82) is 0 Å². The third kappa shape index (κ3) is 9.40. The van der Waals surface area contributed by atoms with E-state index in [0.29, 0.717) is 69.1 Å². The summed E-state index contributed by atoms with van der Waals surface area (Å²) in [6, 6.07) is 91.6. The molecule has 78 heavy (non-hydrogen) atoms. The highest BCUT2D eigenvalue weighted by atomic mass is 15.1. The Morgan fingerprint density at radius 1 is 0.115 bits per heavy atom. The normalized spacial score (nSPS) is 11.1. The highest BCUT2D eigenvalue weighted by Crippen LogP contribution is 2.55. The molecule has 0 aliphatic heterocycles. The highest BCUT2D eigenvalue weighted by Gasteiger charge is 2.34. The van der Waals surface area contributed by atoms with Crippen LogP contribution in [0.15, 0.2) is 273 Å². The van der Waals surface area contributed by atoms with Crippen LogP contribution in [0.4, 0.5) is 0 Å². The maximum Gasteiger partial charge on any atom is 0.165 e. The Labute approximate surface area is 451 Å². The number of benzene rings is 10. The molecule has 0 unspecified atom stereocenters. The van der Waals surface area contributed by atoms with Crippen molar-refractivity contribution < 1.29 is 0 Å². The molecule has 13 aromatic rings. The number of rotatable bonds is 12. The van der Waals surface area contributed by atoms with E-state index in [2.05, 4.69) is 72.8 Å². The van der Waals surface area contributed by atoms with Crippen molar-refractivity contribution in [2.75, 3.05) is 0 Å². The van der Waals surface area contributed by atoms with E-state index >= 15 is 0 Å². The summed E-state index contributed by atoms with van der Waals surface area (Å²) in [7, 11) is 0. The van der Waals surface area contributed by atoms with E-state index in [-0.39, 0.29) is 0 Å². The van der Waals surface area contributed by atoms with Gasteiger partial charge in [-0.25, -0.2) is 44.9 Å². The largest absolute Gasteiger partial charge is 0.208 e. The van der Waals surface area contributed by atoms with E-state index in [1.54, 1.807) is 0 Å². The first-order valence-corrected chi connectivity index (χ1v) is 25.7. The van der Waals surface area contributed by atoms with Gasteiger partial charge in [0, 0.05) is 66.8 Å². The SMILES string of the molecule is c1ccc(-c2nc(-c3ccccc3)nc(-c3c(-c4ccccc4)c(-c4nc(-c5ccccc5)nc(-c5ccccc5)n4)c(-c4ccccc4)c(-c4nc(-c5ccccc5)nc(-c5ccccc5)n4)c3-c3ccccc3)n2)cc1. The van der Waals surface area contributed by atoms with Crippen molar-refractivity contribution in [2.45, 2.75) is 0 Å². The van der Waals surface area contributed by atoms with E-state index in [4.69, 9.17) is 44.9 Å². The lowest BCUT2D eigenvalue weighted by molar-refractivity contribution is 1.06. The molecule has 9 nitrogen and oxygen atoms in total. The number of aromatic nitrogens is 9. The summed E-state index contributed by atoms with van der Waals surface area (Å²) in [5.74, 6) is 4.28. The van der Waals surface area contributed by atoms with Crippen LogP contribution in [-0.2, 0) is 0 Å². The summed E-state index contributed by atoms with van der Waals surface area (Å²) >= 11 is 0. The van der Waals surface area contributed by atoms with Gasteiger partial charge in [-0.1, -0.05) is 273 Å². The predicted molar refractivity (Wildman–Crippen MR) is 312 cm³/mol. The van der Waals surface area contributed by atoms with E-state index in [9.17, 15) is 0 Å². The van der Waals surface area contributed by atoms with Gasteiger partial charge in [0.1, 0.15) is 0 Å². The van der Waals surface area contributed by atoms with Gasteiger partial charge in [-0.05, 0) is 16.7 Å². The lowest BCUT2D eigenvalue weighted by Crippen LogP contribution is -2.10. The zero-order chi connectivity index (χ0) is 52.0. The summed E-state index contributed by atoms with van der Waals surface area (Å²) in [6.07, 6.45) is 0. The minimum absolute atomic E-state index is 0.420. The second-order valence-electron chi connectivity index (χ2n) is 18.5. The number of hydrogen-bond acceptors (Lipinski definition) is 9. The second kappa shape index (κ2) is 21.2. The van der Waals surface area contributed by atoms with Crippen LogP contribution in [0, 0.1) is 0 Å². The Hall–Kier alpha value is -10.8. The fourth-order valence-electron chi connectivity index (χ4n) is 9.86. The van der Waals surface area contributed by atoms with Gasteiger partial charge in [0.15, 0.2) is 52.4 Å². The quantitative estimate of drug-likeness (QED) is 0.118. The van der Waals surface area contributed by atoms with Gasteiger partial charge in [0.25, 0.3) is 0 Å². The van der Waals surface area contributed by atoms with E-state index < -0.39 is 0 Å². The van der Waals surface area contributed by atoms with Gasteiger partial charge >= 0.3 is 0 Å². The molecule has 0 amide bonds. The minimum atomic E-state index is 0.420. The molecule has 0 atom stereocenters. The summed E-state index contributed by atoms with van der Waals surface area (Å²) < 4.78 is 0. The Balaban J connectivity index is 1.30. The topological polar surface area (TPSA) is 116 Å². The lowest BCUT2D eigenvalue weighted by atomic mass is 9.78. The van der Waals surface area contributed by atoms with E-state index in [1.165, 1.54) is 0 Å². The van der Waals surface area contributed by atoms with Gasteiger partial charge in [-0.3, -0.25) is 0 Å². The van der Waals surface area contributed by atoms with Crippen molar-refractivity contribution in [3.8, 4) is 136 Å². The highest BCUT2D eigenvalue weighted by molar-refractivity contribution is 6.13. The first-order valence-electron chi connectivity index (χ1n) is 25.7. The lowest BCUT2D eigenvalue weighted by Gasteiger charge is -2.27. The smallest absolute Gasteiger partial charge is 0.165 e. The van der Waals surface area contributed by atoms with Gasteiger partial charge < -0.3 is 0 Å². The third-order valence-electron chi connectivity index (χ3n) is 13.5. The van der Waals surface area contributed by atoms with Gasteiger partial charge in [-0.2, -0.15) is 0 Å². The van der Waals surface area contributed by atoms with Crippen LogP contribution in [0.5, 0.6) is 0 Å². The molecule has 0 fully saturated rings. The van der Waals surface area contributed by atoms with E-state index in [1.807, 2.05) is 200 Å². The molecule has 0 saturated carbocycles. The fraction of sp³-hybridized carbons (Fsp3) is 0. The van der Waals surface area contributed by atoms with Crippen molar-refractivity contribution in [1.82, 2.24) is 44.9 Å². The Morgan fingerprint density at radius 2 is 0.244 bits per heavy atom. The fourth-order valence-corrected chi connectivity index (χ4v) is 9.86. The molecular formula is C69H45N9. The van der Waals surface area contributed by atoms with Crippen molar-refractivity contribution in [2.24, 2.45) is 0 Å². The Morgan fingerprint density at radius 3 is 0.397 bits per heavy atom. The maximum absolute atomic E-state index is 5.58. The van der Waals surface area contributed by atoms with Crippen molar-refractivity contribution >= 4 is 0 Å². The molecule has 3 heterocycles. The summed E-state index contributed by atoms with van der Waals surface area (Å²) in [4.78, 5) is 49.1. The number of hydrogen-bond donors (Lipinski definition) is 0. The molecule has 0 bridgehead atoms. The molecule has 0 saturated heterocycles. The second-order valence-corrected chi connectivity index (χ2v) is 18.5. The summed E-state index contributed by atoms with van der Waals surface area (Å²) in [5, 5.41) is 0. The minimum Gasteiger partial charge on any atom is -0.208 e. The molecule has 13 rings (SSSR count). The monoisotopic (exact) mass is 999 g/mol. The number of nitrogens with zero attached hydrogens (tertiary/aromatic N) is 9. The van der Waals surface area contributed by atoms with Crippen LogP contribution in [0.25, 0.3) is 136 Å². The molecule has 0 spiro atoms. The zero-order valence-electron chi connectivity index (χ0n) is 42.0. The average molecular weight is 1000 g/mol.